The lowest BCUT2D eigenvalue weighted by molar-refractivity contribution is 0.752. The second kappa shape index (κ2) is 4.07. The number of thioether (sulfide) groups is 1. The van der Waals surface area contributed by atoms with Crippen LogP contribution in [-0.4, -0.2) is 17.3 Å². The van der Waals surface area contributed by atoms with Gasteiger partial charge in [-0.25, -0.2) is 0 Å². The smallest absolute Gasteiger partial charge is 0.0790 e. The van der Waals surface area contributed by atoms with Gasteiger partial charge in [0.05, 0.1) is 10.9 Å². The van der Waals surface area contributed by atoms with Crippen LogP contribution in [-0.2, 0) is 0 Å². The number of nitrogens with one attached hydrogen (secondary N) is 1. The number of hydrogen-bond acceptors (Lipinski definition) is 3. The molecular formula is C13H14N2S. The van der Waals surface area contributed by atoms with Gasteiger partial charge in [0.25, 0.3) is 0 Å². The van der Waals surface area contributed by atoms with Crippen molar-refractivity contribution in [3.05, 3.63) is 41.6 Å². The van der Waals surface area contributed by atoms with Crippen LogP contribution in [0.1, 0.15) is 16.6 Å². The maximum Gasteiger partial charge on any atom is 0.0790 e. The molecule has 1 fully saturated rings. The molecular weight excluding hydrogens is 216 g/mol. The van der Waals surface area contributed by atoms with Crippen LogP contribution in [0.5, 0.6) is 0 Å². The lowest BCUT2D eigenvalue weighted by atomic mass is 10.1. The SMILES string of the molecule is Cc1ccc2cc(C3NCCS3)ccc2n1. The summed E-state index contributed by atoms with van der Waals surface area (Å²) >= 11 is 1.98. The Hall–Kier alpha value is -1.06. The Balaban J connectivity index is 2.05. The van der Waals surface area contributed by atoms with Crippen molar-refractivity contribution in [3.63, 3.8) is 0 Å². The van der Waals surface area contributed by atoms with E-state index in [0.717, 1.165) is 17.8 Å². The monoisotopic (exact) mass is 230 g/mol. The van der Waals surface area contributed by atoms with Crippen LogP contribution in [0.15, 0.2) is 30.3 Å². The molecule has 1 atom stereocenters. The molecule has 16 heavy (non-hydrogen) atoms. The molecule has 0 saturated carbocycles. The van der Waals surface area contributed by atoms with Crippen LogP contribution >= 0.6 is 11.8 Å². The van der Waals surface area contributed by atoms with E-state index >= 15 is 0 Å². The van der Waals surface area contributed by atoms with Crippen LogP contribution in [0.3, 0.4) is 0 Å². The van der Waals surface area contributed by atoms with Gasteiger partial charge in [-0.1, -0.05) is 12.1 Å². The summed E-state index contributed by atoms with van der Waals surface area (Å²) in [6, 6.07) is 10.8. The number of hydrogen-bond donors (Lipinski definition) is 1. The molecule has 82 valence electrons. The van der Waals surface area contributed by atoms with E-state index in [9.17, 15) is 0 Å². The highest BCUT2D eigenvalue weighted by molar-refractivity contribution is 7.99. The van der Waals surface area contributed by atoms with Gasteiger partial charge in [-0.15, -0.1) is 11.8 Å². The average Bonchev–Trinajstić information content (AvgIpc) is 2.82. The second-order valence-corrected chi connectivity index (χ2v) is 5.32. The highest BCUT2D eigenvalue weighted by Crippen LogP contribution is 2.31. The minimum atomic E-state index is 0.464. The van der Waals surface area contributed by atoms with Crippen LogP contribution in [0.4, 0.5) is 0 Å². The number of aryl methyl sites for hydroxylation is 1. The Kier molecular flexibility index (Phi) is 2.58. The first-order valence-electron chi connectivity index (χ1n) is 5.55. The van der Waals surface area contributed by atoms with E-state index in [1.54, 1.807) is 0 Å². The predicted octanol–water partition coefficient (Wildman–Crippen LogP) is 2.88. The van der Waals surface area contributed by atoms with E-state index < -0.39 is 0 Å². The molecule has 1 N–H and O–H groups in total. The lowest BCUT2D eigenvalue weighted by Crippen LogP contribution is -2.11. The molecule has 0 aliphatic carbocycles. The molecule has 2 aromatic rings. The van der Waals surface area contributed by atoms with Crippen molar-refractivity contribution in [3.8, 4) is 0 Å². The van der Waals surface area contributed by atoms with Crippen LogP contribution < -0.4 is 5.32 Å². The van der Waals surface area contributed by atoms with E-state index in [-0.39, 0.29) is 0 Å². The summed E-state index contributed by atoms with van der Waals surface area (Å²) in [4.78, 5) is 4.52. The second-order valence-electron chi connectivity index (χ2n) is 4.11. The fourth-order valence-corrected chi connectivity index (χ4v) is 3.09. The quantitative estimate of drug-likeness (QED) is 0.815. The van der Waals surface area contributed by atoms with Crippen LogP contribution in [0.25, 0.3) is 10.9 Å². The number of benzene rings is 1. The summed E-state index contributed by atoms with van der Waals surface area (Å²) < 4.78 is 0. The zero-order valence-corrected chi connectivity index (χ0v) is 10.1. The van der Waals surface area contributed by atoms with Crippen molar-refractivity contribution in [2.45, 2.75) is 12.3 Å². The molecule has 1 unspecified atom stereocenters. The number of aromatic nitrogens is 1. The molecule has 0 spiro atoms. The van der Waals surface area contributed by atoms with Gasteiger partial charge in [-0.05, 0) is 30.7 Å². The summed E-state index contributed by atoms with van der Waals surface area (Å²) in [7, 11) is 0. The van der Waals surface area contributed by atoms with E-state index in [1.165, 1.54) is 16.7 Å². The van der Waals surface area contributed by atoms with Gasteiger partial charge in [-0.3, -0.25) is 4.98 Å². The van der Waals surface area contributed by atoms with Gasteiger partial charge in [0.15, 0.2) is 0 Å². The van der Waals surface area contributed by atoms with E-state index in [1.807, 2.05) is 18.7 Å². The summed E-state index contributed by atoms with van der Waals surface area (Å²) in [6.07, 6.45) is 0. The maximum atomic E-state index is 4.52. The fraction of sp³-hybridized carbons (Fsp3) is 0.308. The van der Waals surface area contributed by atoms with E-state index in [2.05, 4.69) is 40.6 Å². The molecule has 3 heteroatoms. The van der Waals surface area contributed by atoms with Crippen LogP contribution in [0.2, 0.25) is 0 Å². The maximum absolute atomic E-state index is 4.52. The van der Waals surface area contributed by atoms with Gasteiger partial charge in [0, 0.05) is 23.4 Å². The van der Waals surface area contributed by atoms with Crippen molar-refractivity contribution in [2.75, 3.05) is 12.3 Å². The third kappa shape index (κ3) is 1.81. The largest absolute Gasteiger partial charge is 0.301 e. The molecule has 3 rings (SSSR count). The average molecular weight is 230 g/mol. The van der Waals surface area contributed by atoms with Crippen molar-refractivity contribution in [2.24, 2.45) is 0 Å². The van der Waals surface area contributed by atoms with Gasteiger partial charge >= 0.3 is 0 Å². The van der Waals surface area contributed by atoms with Gasteiger partial charge in [-0.2, -0.15) is 0 Å². The Morgan fingerprint density at radius 1 is 1.31 bits per heavy atom. The number of pyridine rings is 1. The van der Waals surface area contributed by atoms with Gasteiger partial charge in [0.2, 0.25) is 0 Å². The third-order valence-corrected chi connectivity index (χ3v) is 4.08. The first kappa shape index (κ1) is 10.1. The lowest BCUT2D eigenvalue weighted by Gasteiger charge is -2.10. The number of rotatable bonds is 1. The molecule has 1 aromatic heterocycles. The van der Waals surface area contributed by atoms with E-state index in [4.69, 9.17) is 0 Å². The fourth-order valence-electron chi connectivity index (χ4n) is 2.05. The summed E-state index contributed by atoms with van der Waals surface area (Å²) in [6.45, 7) is 3.14. The Bertz CT molecular complexity index is 518. The zero-order valence-electron chi connectivity index (χ0n) is 9.23. The Labute approximate surface area is 99.5 Å². The molecule has 1 aliphatic heterocycles. The molecule has 2 nitrogen and oxygen atoms in total. The molecule has 1 aromatic carbocycles. The minimum Gasteiger partial charge on any atom is -0.301 e. The molecule has 1 saturated heterocycles. The van der Waals surface area contributed by atoms with E-state index in [0.29, 0.717) is 5.37 Å². The predicted molar refractivity (Wildman–Crippen MR) is 69.7 cm³/mol. The summed E-state index contributed by atoms with van der Waals surface area (Å²) in [5, 5.41) is 5.19. The highest BCUT2D eigenvalue weighted by Gasteiger charge is 2.16. The van der Waals surface area contributed by atoms with Gasteiger partial charge < -0.3 is 5.32 Å². The first-order valence-corrected chi connectivity index (χ1v) is 6.60. The van der Waals surface area contributed by atoms with Crippen molar-refractivity contribution in [1.82, 2.24) is 10.3 Å². The molecule has 1 aliphatic rings. The first-order chi connectivity index (χ1) is 7.83. The standard InChI is InChI=1S/C13H14N2S/c1-9-2-3-10-8-11(4-5-12(10)15-9)13-14-6-7-16-13/h2-5,8,13-14H,6-7H2,1H3. The van der Waals surface area contributed by atoms with Crippen LogP contribution in [0, 0.1) is 6.92 Å². The molecule has 0 amide bonds. The zero-order chi connectivity index (χ0) is 11.0. The van der Waals surface area contributed by atoms with Crippen molar-refractivity contribution in [1.29, 1.82) is 0 Å². The molecule has 0 bridgehead atoms. The minimum absolute atomic E-state index is 0.464. The Morgan fingerprint density at radius 3 is 3.06 bits per heavy atom. The summed E-state index contributed by atoms with van der Waals surface area (Å²) in [5.41, 5.74) is 3.53. The Morgan fingerprint density at radius 2 is 2.25 bits per heavy atom. The normalized spacial score (nSPS) is 20.4. The van der Waals surface area contributed by atoms with Crippen molar-refractivity contribution >= 4 is 22.7 Å². The highest BCUT2D eigenvalue weighted by atomic mass is 32.2. The third-order valence-electron chi connectivity index (χ3n) is 2.87. The topological polar surface area (TPSA) is 24.9 Å². The molecule has 2 heterocycles. The number of nitrogens with zero attached hydrogens (tertiary/aromatic N) is 1. The summed E-state index contributed by atoms with van der Waals surface area (Å²) in [5.74, 6) is 1.20. The number of fused-ring (bicyclic) bond motifs is 1. The molecule has 0 radical (unpaired) electrons. The van der Waals surface area contributed by atoms with Crippen molar-refractivity contribution < 1.29 is 0 Å². The van der Waals surface area contributed by atoms with Gasteiger partial charge in [0.1, 0.15) is 0 Å².